The zero-order chi connectivity index (χ0) is 11.5. The third-order valence-corrected chi connectivity index (χ3v) is 3.56. The first kappa shape index (κ1) is 14.5. The lowest BCUT2D eigenvalue weighted by Gasteiger charge is -2.32. The second-order valence-corrected chi connectivity index (χ2v) is 4.95. The molecule has 0 amide bonds. The fourth-order valence-electron chi connectivity index (χ4n) is 2.38. The van der Waals surface area contributed by atoms with Gasteiger partial charge in [-0.2, -0.15) is 0 Å². The van der Waals surface area contributed by atoms with Crippen LogP contribution >= 0.6 is 12.4 Å². The van der Waals surface area contributed by atoms with Gasteiger partial charge in [-0.1, -0.05) is 18.2 Å². The Balaban J connectivity index is 0.00000144. The van der Waals surface area contributed by atoms with Crippen molar-refractivity contribution in [2.24, 2.45) is 0 Å². The summed E-state index contributed by atoms with van der Waals surface area (Å²) in [5, 5.41) is 3.48. The first-order valence-corrected chi connectivity index (χ1v) is 6.17. The predicted molar refractivity (Wildman–Crippen MR) is 75.9 cm³/mol. The standard InChI is InChI=1S/C14H22N2.ClH/c1-11-5-4-6-14(13(11)3)10-16-8-7-15-12(2)9-16;/h4-6,12,15H,7-10H2,1-3H3;1H/t12-;/m0./s1. The van der Waals surface area contributed by atoms with Crippen LogP contribution in [0, 0.1) is 13.8 Å². The van der Waals surface area contributed by atoms with Crippen LogP contribution in [-0.4, -0.2) is 30.6 Å². The SMILES string of the molecule is Cc1cccc(CN2CCN[C@@H](C)C2)c1C.Cl. The highest BCUT2D eigenvalue weighted by Crippen LogP contribution is 2.15. The Morgan fingerprint density at radius 2 is 2.12 bits per heavy atom. The van der Waals surface area contributed by atoms with Gasteiger partial charge in [0.2, 0.25) is 0 Å². The van der Waals surface area contributed by atoms with Gasteiger partial charge in [0.15, 0.2) is 0 Å². The minimum Gasteiger partial charge on any atom is -0.312 e. The molecule has 2 nitrogen and oxygen atoms in total. The van der Waals surface area contributed by atoms with Crippen LogP contribution in [0.4, 0.5) is 0 Å². The molecule has 1 N–H and O–H groups in total. The Labute approximate surface area is 111 Å². The number of rotatable bonds is 2. The summed E-state index contributed by atoms with van der Waals surface area (Å²) in [5.74, 6) is 0. The molecule has 1 aliphatic heterocycles. The predicted octanol–water partition coefficient (Wildman–Crippen LogP) is 2.52. The first-order valence-electron chi connectivity index (χ1n) is 6.17. The summed E-state index contributed by atoms with van der Waals surface area (Å²) >= 11 is 0. The molecule has 1 heterocycles. The smallest absolute Gasteiger partial charge is 0.0237 e. The van der Waals surface area contributed by atoms with Gasteiger partial charge in [0, 0.05) is 32.2 Å². The summed E-state index contributed by atoms with van der Waals surface area (Å²) in [7, 11) is 0. The number of hydrogen-bond acceptors (Lipinski definition) is 2. The minimum atomic E-state index is 0. The molecule has 1 saturated heterocycles. The van der Waals surface area contributed by atoms with Crippen molar-refractivity contribution in [3.05, 3.63) is 34.9 Å². The number of benzene rings is 1. The van der Waals surface area contributed by atoms with Crippen molar-refractivity contribution < 1.29 is 0 Å². The average molecular weight is 255 g/mol. The summed E-state index contributed by atoms with van der Waals surface area (Å²) in [6, 6.07) is 7.25. The van der Waals surface area contributed by atoms with E-state index in [1.807, 2.05) is 0 Å². The van der Waals surface area contributed by atoms with Crippen LogP contribution in [0.2, 0.25) is 0 Å². The largest absolute Gasteiger partial charge is 0.312 e. The van der Waals surface area contributed by atoms with Crippen LogP contribution in [0.1, 0.15) is 23.6 Å². The molecule has 1 aromatic rings. The van der Waals surface area contributed by atoms with Crippen LogP contribution in [0.5, 0.6) is 0 Å². The molecule has 17 heavy (non-hydrogen) atoms. The monoisotopic (exact) mass is 254 g/mol. The fourth-order valence-corrected chi connectivity index (χ4v) is 2.38. The number of nitrogens with one attached hydrogen (secondary N) is 1. The molecule has 1 aliphatic rings. The van der Waals surface area contributed by atoms with Gasteiger partial charge in [0.25, 0.3) is 0 Å². The van der Waals surface area contributed by atoms with E-state index in [1.54, 1.807) is 0 Å². The van der Waals surface area contributed by atoms with Gasteiger partial charge in [-0.25, -0.2) is 0 Å². The summed E-state index contributed by atoms with van der Waals surface area (Å²) in [5.41, 5.74) is 4.34. The number of nitrogens with zero attached hydrogens (tertiary/aromatic N) is 1. The zero-order valence-electron chi connectivity index (χ0n) is 11.0. The van der Waals surface area contributed by atoms with E-state index in [0.29, 0.717) is 6.04 Å². The van der Waals surface area contributed by atoms with E-state index in [9.17, 15) is 0 Å². The lowest BCUT2D eigenvalue weighted by molar-refractivity contribution is 0.199. The topological polar surface area (TPSA) is 15.3 Å². The number of hydrogen-bond donors (Lipinski definition) is 1. The molecule has 0 aromatic heterocycles. The quantitative estimate of drug-likeness (QED) is 0.873. The Kier molecular flexibility index (Phi) is 5.44. The molecule has 1 aromatic carbocycles. The van der Waals surface area contributed by atoms with Gasteiger partial charge in [0.05, 0.1) is 0 Å². The van der Waals surface area contributed by atoms with Crippen LogP contribution in [0.25, 0.3) is 0 Å². The van der Waals surface area contributed by atoms with E-state index >= 15 is 0 Å². The van der Waals surface area contributed by atoms with E-state index in [2.05, 4.69) is 49.2 Å². The Hall–Kier alpha value is -0.570. The van der Waals surface area contributed by atoms with E-state index in [-0.39, 0.29) is 12.4 Å². The van der Waals surface area contributed by atoms with Gasteiger partial charge < -0.3 is 5.32 Å². The van der Waals surface area contributed by atoms with E-state index in [4.69, 9.17) is 0 Å². The van der Waals surface area contributed by atoms with Gasteiger partial charge in [-0.3, -0.25) is 4.90 Å². The Bertz CT molecular complexity index is 365. The maximum atomic E-state index is 3.48. The first-order chi connectivity index (χ1) is 7.66. The summed E-state index contributed by atoms with van der Waals surface area (Å²) in [6.07, 6.45) is 0. The summed E-state index contributed by atoms with van der Waals surface area (Å²) < 4.78 is 0. The van der Waals surface area contributed by atoms with Crippen molar-refractivity contribution in [3.8, 4) is 0 Å². The van der Waals surface area contributed by atoms with Gasteiger partial charge in [0.1, 0.15) is 0 Å². The normalized spacial score (nSPS) is 21.0. The van der Waals surface area contributed by atoms with Crippen molar-refractivity contribution in [2.75, 3.05) is 19.6 Å². The number of halogens is 1. The molecule has 3 heteroatoms. The van der Waals surface area contributed by atoms with Crippen molar-refractivity contribution in [1.29, 1.82) is 0 Å². The van der Waals surface area contributed by atoms with Gasteiger partial charge >= 0.3 is 0 Å². The van der Waals surface area contributed by atoms with Crippen LogP contribution < -0.4 is 5.32 Å². The molecule has 0 saturated carbocycles. The highest BCUT2D eigenvalue weighted by atomic mass is 35.5. The lowest BCUT2D eigenvalue weighted by atomic mass is 10.0. The molecule has 1 atom stereocenters. The molecule has 0 aliphatic carbocycles. The van der Waals surface area contributed by atoms with Crippen molar-refractivity contribution >= 4 is 12.4 Å². The number of piperazine rings is 1. The molecule has 2 rings (SSSR count). The summed E-state index contributed by atoms with van der Waals surface area (Å²) in [6.45, 7) is 11.2. The molecule has 0 bridgehead atoms. The Morgan fingerprint density at radius 3 is 2.82 bits per heavy atom. The van der Waals surface area contributed by atoms with Crippen molar-refractivity contribution in [3.63, 3.8) is 0 Å². The molecular formula is C14H23ClN2. The zero-order valence-corrected chi connectivity index (χ0v) is 11.8. The van der Waals surface area contributed by atoms with E-state index in [1.165, 1.54) is 16.7 Å². The Morgan fingerprint density at radius 1 is 1.35 bits per heavy atom. The van der Waals surface area contributed by atoms with Crippen LogP contribution in [-0.2, 0) is 6.54 Å². The average Bonchev–Trinajstić information content (AvgIpc) is 2.25. The minimum absolute atomic E-state index is 0. The van der Waals surface area contributed by atoms with Crippen LogP contribution in [0.15, 0.2) is 18.2 Å². The maximum absolute atomic E-state index is 3.48. The molecule has 96 valence electrons. The highest BCUT2D eigenvalue weighted by Gasteiger charge is 2.16. The van der Waals surface area contributed by atoms with Crippen molar-refractivity contribution in [1.82, 2.24) is 10.2 Å². The molecule has 1 fully saturated rings. The third-order valence-electron chi connectivity index (χ3n) is 3.56. The molecule has 0 radical (unpaired) electrons. The van der Waals surface area contributed by atoms with Crippen molar-refractivity contribution in [2.45, 2.75) is 33.4 Å². The lowest BCUT2D eigenvalue weighted by Crippen LogP contribution is -2.48. The molecule has 0 unspecified atom stereocenters. The number of aryl methyl sites for hydroxylation is 1. The fraction of sp³-hybridized carbons (Fsp3) is 0.571. The molecule has 0 spiro atoms. The second kappa shape index (κ2) is 6.39. The van der Waals surface area contributed by atoms with Gasteiger partial charge in [-0.15, -0.1) is 12.4 Å². The third kappa shape index (κ3) is 3.70. The summed E-state index contributed by atoms with van der Waals surface area (Å²) in [4.78, 5) is 2.54. The van der Waals surface area contributed by atoms with Gasteiger partial charge in [-0.05, 0) is 37.5 Å². The van der Waals surface area contributed by atoms with E-state index in [0.717, 1.165) is 26.2 Å². The van der Waals surface area contributed by atoms with E-state index < -0.39 is 0 Å². The van der Waals surface area contributed by atoms with Crippen LogP contribution in [0.3, 0.4) is 0 Å². The highest BCUT2D eigenvalue weighted by molar-refractivity contribution is 5.85. The maximum Gasteiger partial charge on any atom is 0.0237 e. The molecular weight excluding hydrogens is 232 g/mol. The second-order valence-electron chi connectivity index (χ2n) is 4.95.